The van der Waals surface area contributed by atoms with Gasteiger partial charge in [0.15, 0.2) is 19.7 Å². The first kappa shape index (κ1) is 60.2. The largest absolute Gasteiger partial charge is 1.00 e. The van der Waals surface area contributed by atoms with Crippen molar-refractivity contribution in [3.63, 3.8) is 0 Å². The van der Waals surface area contributed by atoms with E-state index in [0.29, 0.717) is 24.3 Å². The molecule has 0 saturated heterocycles. The molecule has 3 rings (SSSR count). The van der Waals surface area contributed by atoms with Gasteiger partial charge in [-0.1, -0.05) is 5.75 Å². The molecule has 0 amide bonds. The number of nitrogens with zero attached hydrogens (tertiary/aromatic N) is 4. The minimum Gasteiger partial charge on any atom is -0.744 e. The van der Waals surface area contributed by atoms with Crippen molar-refractivity contribution in [3.05, 3.63) is 55.5 Å². The van der Waals surface area contributed by atoms with Crippen LogP contribution in [0.15, 0.2) is 88.6 Å². The van der Waals surface area contributed by atoms with E-state index < -0.39 is 133 Å². The van der Waals surface area contributed by atoms with Gasteiger partial charge in [0.25, 0.3) is 0 Å². The SMILES string of the molecule is O=S(=O)([O-])O.[CH2-]CS(=O)(=O)c1ccc(N=Nc2cc(N=Nc3ccc(S(=O)(=O)CCOS(=O)(=O)[O-])cc3S(=O)(=O)[O-])c(O)cc2O)c(S(=O)(=O)[O-])c1.[Na+].[Na+].[Na+].[Na+]. The molecule has 24 nitrogen and oxygen atoms in total. The summed E-state index contributed by atoms with van der Waals surface area (Å²) in [6, 6.07) is 5.57. The number of hydrogen-bond donors (Lipinski definition) is 3. The molecule has 0 aliphatic carbocycles. The first-order chi connectivity index (χ1) is 23.4. The summed E-state index contributed by atoms with van der Waals surface area (Å²) in [5.74, 6) is -3.37. The Hall–Kier alpha value is -0.0800. The fourth-order valence-corrected chi connectivity index (χ4v) is 7.09. The number of aromatic hydroxyl groups is 2. The molecule has 0 radical (unpaired) electrons. The van der Waals surface area contributed by atoms with Gasteiger partial charge in [0, 0.05) is 12.1 Å². The van der Waals surface area contributed by atoms with E-state index in [1.54, 1.807) is 0 Å². The van der Waals surface area contributed by atoms with Gasteiger partial charge in [-0.15, -0.1) is 20.5 Å². The van der Waals surface area contributed by atoms with Crippen LogP contribution < -0.4 is 118 Å². The van der Waals surface area contributed by atoms with Gasteiger partial charge >= 0.3 is 118 Å². The fourth-order valence-electron chi connectivity index (χ4n) is 3.35. The van der Waals surface area contributed by atoms with Gasteiger partial charge in [-0.2, -0.15) is 0 Å². The van der Waals surface area contributed by atoms with Crippen molar-refractivity contribution < 1.29 is 206 Å². The maximum Gasteiger partial charge on any atom is 1.00 e. The summed E-state index contributed by atoms with van der Waals surface area (Å²) in [6.45, 7) is 2.09. The number of phenols is 2. The molecule has 288 valence electrons. The molecular weight excluding hydrogens is 925 g/mol. The van der Waals surface area contributed by atoms with Gasteiger partial charge in [-0.05, 0) is 36.4 Å². The van der Waals surface area contributed by atoms with Gasteiger partial charge in [0.05, 0.1) is 31.9 Å². The van der Waals surface area contributed by atoms with Crippen LogP contribution >= 0.6 is 0 Å². The second-order valence-electron chi connectivity index (χ2n) is 9.19. The Bertz CT molecular complexity index is 2600. The van der Waals surface area contributed by atoms with Gasteiger partial charge in [0.2, 0.25) is 20.8 Å². The zero-order valence-electron chi connectivity index (χ0n) is 29.0. The van der Waals surface area contributed by atoms with E-state index in [9.17, 15) is 66.0 Å². The Labute approximate surface area is 408 Å². The summed E-state index contributed by atoms with van der Waals surface area (Å²) >= 11 is 0. The minimum atomic E-state index is -5.46. The minimum absolute atomic E-state index is 0. The van der Waals surface area contributed by atoms with Crippen molar-refractivity contribution in [1.82, 2.24) is 0 Å². The fraction of sp³-hybridized carbons (Fsp3) is 0.136. The van der Waals surface area contributed by atoms with Crippen molar-refractivity contribution in [2.24, 2.45) is 20.5 Å². The van der Waals surface area contributed by atoms with Crippen molar-refractivity contribution in [3.8, 4) is 11.5 Å². The van der Waals surface area contributed by atoms with Crippen LogP contribution in [0.4, 0.5) is 22.7 Å². The van der Waals surface area contributed by atoms with Crippen LogP contribution in [0.25, 0.3) is 0 Å². The third kappa shape index (κ3) is 20.0. The van der Waals surface area contributed by atoms with E-state index >= 15 is 0 Å². The Balaban J connectivity index is -0.00000293. The Morgan fingerprint density at radius 3 is 1.21 bits per heavy atom. The smallest absolute Gasteiger partial charge is 0.744 e. The normalized spacial score (nSPS) is 12.3. The first-order valence-electron chi connectivity index (χ1n) is 12.6. The summed E-state index contributed by atoms with van der Waals surface area (Å²) in [4.78, 5) is -3.67. The average Bonchev–Trinajstić information content (AvgIpc) is 2.97. The monoisotopic (exact) mass is 943 g/mol. The predicted octanol–water partition coefficient (Wildman–Crippen LogP) is -11.4. The van der Waals surface area contributed by atoms with Gasteiger partial charge in [-0.25, -0.2) is 50.5 Å². The number of benzene rings is 3. The standard InChI is InChI=1S/C22H21N4O16S5.4Na.H2O4S/c1-2-43(29,30)13-3-5-15(21(9-13)45(33,34)35)23-25-17-11-18(20(28)12-19(17)27)26-24-16-6-4-14(10-22(16)46(36,37)38)44(31,32)8-7-42-47(39,40)41;;;;;1-5(2,3)4/h3-6,9-12,27-28H,1-2,7-8H2,(H,33,34,35)(H,36,37,38)(H,39,40,41);;;;;(H2,1,2,3,4)/q-1;4*+1;/p-4. The van der Waals surface area contributed by atoms with Crippen LogP contribution in [0.3, 0.4) is 0 Å². The van der Waals surface area contributed by atoms with E-state index in [2.05, 4.69) is 31.6 Å². The topological polar surface area (TPSA) is 416 Å². The maximum absolute atomic E-state index is 12.4. The third-order valence-corrected chi connectivity index (χ3v) is 10.9. The number of hydrogen-bond acceptors (Lipinski definition) is 23. The summed E-state index contributed by atoms with van der Waals surface area (Å²) in [5, 5.41) is 34.5. The Morgan fingerprint density at radius 1 is 0.554 bits per heavy atom. The molecule has 0 fully saturated rings. The van der Waals surface area contributed by atoms with E-state index in [1.807, 2.05) is 0 Å². The zero-order valence-corrected chi connectivity index (χ0v) is 41.9. The quantitative estimate of drug-likeness (QED) is 0.0471. The molecule has 0 bridgehead atoms. The molecule has 0 saturated carbocycles. The van der Waals surface area contributed by atoms with Crippen LogP contribution in [-0.4, -0.2) is 102 Å². The summed E-state index contributed by atoms with van der Waals surface area (Å²) in [6.07, 6.45) is 0. The molecule has 56 heavy (non-hydrogen) atoms. The molecule has 0 aliphatic rings. The number of azo groups is 2. The summed E-state index contributed by atoms with van der Waals surface area (Å²) < 4.78 is 188. The number of rotatable bonds is 13. The second kappa shape index (κ2) is 23.8. The predicted molar refractivity (Wildman–Crippen MR) is 164 cm³/mol. The number of sulfone groups is 2. The molecule has 0 aliphatic heterocycles. The van der Waals surface area contributed by atoms with Crippen LogP contribution in [0, 0.1) is 6.92 Å². The van der Waals surface area contributed by atoms with Gasteiger partial charge in [-0.3, -0.25) is 8.74 Å². The molecule has 0 aromatic heterocycles. The molecule has 34 heteroatoms. The van der Waals surface area contributed by atoms with Gasteiger partial charge in [0.1, 0.15) is 54.5 Å². The number of phenolic OH excluding ortho intramolecular Hbond substituents is 2. The van der Waals surface area contributed by atoms with Crippen LogP contribution in [0.5, 0.6) is 11.5 Å². The molecule has 0 unspecified atom stereocenters. The zero-order chi connectivity index (χ0) is 40.1. The van der Waals surface area contributed by atoms with Crippen molar-refractivity contribution in [2.75, 3.05) is 18.1 Å². The summed E-state index contributed by atoms with van der Waals surface area (Å²) in [7, 11) is -29.5. The summed E-state index contributed by atoms with van der Waals surface area (Å²) in [5.41, 5.74) is -2.54. The van der Waals surface area contributed by atoms with Crippen LogP contribution in [0.1, 0.15) is 0 Å². The Kier molecular flexibility index (Phi) is 25.6. The average molecular weight is 944 g/mol. The first-order valence-corrected chi connectivity index (χ1v) is 21.4. The van der Waals surface area contributed by atoms with Crippen molar-refractivity contribution >= 4 is 83.5 Å². The molecule has 3 aromatic rings. The maximum atomic E-state index is 12.4. The Morgan fingerprint density at radius 2 is 0.893 bits per heavy atom. The van der Waals surface area contributed by atoms with E-state index in [4.69, 9.17) is 17.5 Å². The van der Waals surface area contributed by atoms with Crippen molar-refractivity contribution in [2.45, 2.75) is 19.6 Å². The third-order valence-electron chi connectivity index (χ3n) is 5.57. The molecular formula is C22H19N4Na4O20S6-. The van der Waals surface area contributed by atoms with Gasteiger partial charge < -0.3 is 35.3 Å². The van der Waals surface area contributed by atoms with E-state index in [-0.39, 0.29) is 118 Å². The van der Waals surface area contributed by atoms with Crippen molar-refractivity contribution in [1.29, 1.82) is 0 Å². The molecule has 0 spiro atoms. The van der Waals surface area contributed by atoms with Crippen LogP contribution in [-0.2, 0) is 64.9 Å². The van der Waals surface area contributed by atoms with E-state index in [1.165, 1.54) is 0 Å². The van der Waals surface area contributed by atoms with E-state index in [0.717, 1.165) is 24.3 Å². The molecule has 3 N–H and O–H groups in total. The second-order valence-corrected chi connectivity index (χ2v) is 18.0. The van der Waals surface area contributed by atoms with Crippen LogP contribution in [0.2, 0.25) is 0 Å². The molecule has 3 aromatic carbocycles. The molecule has 0 heterocycles. The molecule has 0 atom stereocenters.